The van der Waals surface area contributed by atoms with Crippen LogP contribution in [0.5, 0.6) is 0 Å². The van der Waals surface area contributed by atoms with Crippen LogP contribution in [0.25, 0.3) is 0 Å². The van der Waals surface area contributed by atoms with Crippen LogP contribution in [0.1, 0.15) is 73.1 Å². The molecule has 102 valence electrons. The summed E-state index contributed by atoms with van der Waals surface area (Å²) in [5.41, 5.74) is -0.260. The fourth-order valence-electron chi connectivity index (χ4n) is 1.76. The number of unbranched alkanes of at least 4 members (excludes halogenated alkanes) is 3. The molecule has 0 aliphatic carbocycles. The summed E-state index contributed by atoms with van der Waals surface area (Å²) < 4.78 is 0. The van der Waals surface area contributed by atoms with Gasteiger partial charge in [0.25, 0.3) is 0 Å². The van der Waals surface area contributed by atoms with Gasteiger partial charge < -0.3 is 5.32 Å². The van der Waals surface area contributed by atoms with E-state index in [1.165, 1.54) is 32.1 Å². The van der Waals surface area contributed by atoms with Gasteiger partial charge in [0.15, 0.2) is 0 Å². The van der Waals surface area contributed by atoms with E-state index in [-0.39, 0.29) is 11.3 Å². The zero-order chi connectivity index (χ0) is 13.3. The maximum absolute atomic E-state index is 11.6. The third-order valence-electron chi connectivity index (χ3n) is 3.15. The van der Waals surface area contributed by atoms with Gasteiger partial charge in [-0.2, -0.15) is 0 Å². The standard InChI is InChI=1S/C15H31NO/c1-6-7-8-9-10-13(2)11-12-16-14(17)15(3,4)5/h13H,6-12H2,1-5H3,(H,16,17). The highest BCUT2D eigenvalue weighted by molar-refractivity contribution is 5.81. The molecule has 0 aliphatic rings. The van der Waals surface area contributed by atoms with E-state index in [0.717, 1.165) is 18.9 Å². The lowest BCUT2D eigenvalue weighted by Gasteiger charge is -2.18. The van der Waals surface area contributed by atoms with Gasteiger partial charge >= 0.3 is 0 Å². The van der Waals surface area contributed by atoms with Gasteiger partial charge in [0.1, 0.15) is 0 Å². The van der Waals surface area contributed by atoms with Gasteiger partial charge in [0.2, 0.25) is 5.91 Å². The average Bonchev–Trinajstić information content (AvgIpc) is 2.23. The Bertz CT molecular complexity index is 205. The van der Waals surface area contributed by atoms with E-state index in [4.69, 9.17) is 0 Å². The van der Waals surface area contributed by atoms with Crippen LogP contribution in [0.15, 0.2) is 0 Å². The number of amides is 1. The Morgan fingerprint density at radius 1 is 1.12 bits per heavy atom. The van der Waals surface area contributed by atoms with Gasteiger partial charge in [-0.1, -0.05) is 66.7 Å². The van der Waals surface area contributed by atoms with Crippen LogP contribution in [0.3, 0.4) is 0 Å². The molecule has 0 spiro atoms. The second kappa shape index (κ2) is 8.54. The van der Waals surface area contributed by atoms with Gasteiger partial charge in [-0.05, 0) is 12.3 Å². The third kappa shape index (κ3) is 9.20. The van der Waals surface area contributed by atoms with Crippen molar-refractivity contribution in [2.75, 3.05) is 6.54 Å². The molecule has 2 heteroatoms. The smallest absolute Gasteiger partial charge is 0.225 e. The van der Waals surface area contributed by atoms with Crippen molar-refractivity contribution in [2.24, 2.45) is 11.3 Å². The minimum Gasteiger partial charge on any atom is -0.356 e. The first-order valence-electron chi connectivity index (χ1n) is 7.16. The summed E-state index contributed by atoms with van der Waals surface area (Å²) in [5, 5.41) is 3.02. The van der Waals surface area contributed by atoms with Crippen molar-refractivity contribution in [2.45, 2.75) is 73.1 Å². The quantitative estimate of drug-likeness (QED) is 0.636. The Balaban J connectivity index is 3.51. The number of nitrogens with one attached hydrogen (secondary N) is 1. The third-order valence-corrected chi connectivity index (χ3v) is 3.15. The Morgan fingerprint density at radius 3 is 2.29 bits per heavy atom. The molecule has 0 bridgehead atoms. The lowest BCUT2D eigenvalue weighted by atomic mass is 9.95. The first kappa shape index (κ1) is 16.5. The fraction of sp³-hybridized carbons (Fsp3) is 0.933. The summed E-state index contributed by atoms with van der Waals surface area (Å²) >= 11 is 0. The molecular weight excluding hydrogens is 210 g/mol. The second-order valence-electron chi connectivity index (χ2n) is 6.25. The molecule has 0 rings (SSSR count). The van der Waals surface area contributed by atoms with Gasteiger partial charge in [0, 0.05) is 12.0 Å². The van der Waals surface area contributed by atoms with Crippen molar-refractivity contribution in [1.29, 1.82) is 0 Å². The molecule has 0 saturated carbocycles. The molecule has 0 aliphatic heterocycles. The molecule has 0 heterocycles. The van der Waals surface area contributed by atoms with Gasteiger partial charge in [0.05, 0.1) is 0 Å². The molecular formula is C15H31NO. The zero-order valence-electron chi connectivity index (χ0n) is 12.4. The molecule has 0 aromatic heterocycles. The number of hydrogen-bond donors (Lipinski definition) is 1. The molecule has 17 heavy (non-hydrogen) atoms. The predicted molar refractivity (Wildman–Crippen MR) is 75.0 cm³/mol. The van der Waals surface area contributed by atoms with Crippen molar-refractivity contribution >= 4 is 5.91 Å². The summed E-state index contributed by atoms with van der Waals surface area (Å²) in [6.45, 7) is 11.2. The summed E-state index contributed by atoms with van der Waals surface area (Å²) in [4.78, 5) is 11.6. The SMILES string of the molecule is CCCCCCC(C)CCNC(=O)C(C)(C)C. The first-order chi connectivity index (χ1) is 7.88. The topological polar surface area (TPSA) is 29.1 Å². The molecule has 0 saturated heterocycles. The highest BCUT2D eigenvalue weighted by atomic mass is 16.2. The predicted octanol–water partition coefficient (Wildman–Crippen LogP) is 4.15. The van der Waals surface area contributed by atoms with Gasteiger partial charge in [-0.15, -0.1) is 0 Å². The second-order valence-corrected chi connectivity index (χ2v) is 6.25. The van der Waals surface area contributed by atoms with Crippen LogP contribution in [-0.4, -0.2) is 12.5 Å². The summed E-state index contributed by atoms with van der Waals surface area (Å²) in [5.74, 6) is 0.891. The number of carbonyl (C=O) groups is 1. The Hall–Kier alpha value is -0.530. The van der Waals surface area contributed by atoms with E-state index in [1.54, 1.807) is 0 Å². The van der Waals surface area contributed by atoms with Crippen LogP contribution in [0, 0.1) is 11.3 Å². The number of hydrogen-bond acceptors (Lipinski definition) is 1. The van der Waals surface area contributed by atoms with E-state index in [2.05, 4.69) is 19.2 Å². The van der Waals surface area contributed by atoms with Gasteiger partial charge in [-0.25, -0.2) is 0 Å². The van der Waals surface area contributed by atoms with E-state index < -0.39 is 0 Å². The van der Waals surface area contributed by atoms with Crippen molar-refractivity contribution in [3.05, 3.63) is 0 Å². The largest absolute Gasteiger partial charge is 0.356 e. The van der Waals surface area contributed by atoms with Crippen LogP contribution in [-0.2, 0) is 4.79 Å². The van der Waals surface area contributed by atoms with Crippen LogP contribution >= 0.6 is 0 Å². The molecule has 0 fully saturated rings. The lowest BCUT2D eigenvalue weighted by Crippen LogP contribution is -2.35. The summed E-state index contributed by atoms with van der Waals surface area (Å²) in [6.07, 6.45) is 7.75. The summed E-state index contributed by atoms with van der Waals surface area (Å²) in [7, 11) is 0. The first-order valence-corrected chi connectivity index (χ1v) is 7.16. The Labute approximate surface area is 108 Å². The number of rotatable bonds is 8. The molecule has 0 aromatic carbocycles. The van der Waals surface area contributed by atoms with Crippen molar-refractivity contribution in [3.8, 4) is 0 Å². The van der Waals surface area contributed by atoms with Crippen LogP contribution in [0.4, 0.5) is 0 Å². The molecule has 1 atom stereocenters. The van der Waals surface area contributed by atoms with Crippen LogP contribution in [0.2, 0.25) is 0 Å². The zero-order valence-corrected chi connectivity index (χ0v) is 12.4. The fourth-order valence-corrected chi connectivity index (χ4v) is 1.76. The van der Waals surface area contributed by atoms with Crippen molar-refractivity contribution < 1.29 is 4.79 Å². The monoisotopic (exact) mass is 241 g/mol. The minimum atomic E-state index is -0.260. The highest BCUT2D eigenvalue weighted by Crippen LogP contribution is 2.15. The van der Waals surface area contributed by atoms with E-state index in [0.29, 0.717) is 0 Å². The maximum atomic E-state index is 11.6. The number of carbonyl (C=O) groups excluding carboxylic acids is 1. The normalized spacial score (nSPS) is 13.5. The molecule has 1 unspecified atom stereocenters. The van der Waals surface area contributed by atoms with Crippen molar-refractivity contribution in [3.63, 3.8) is 0 Å². The highest BCUT2D eigenvalue weighted by Gasteiger charge is 2.20. The Kier molecular flexibility index (Phi) is 8.28. The average molecular weight is 241 g/mol. The molecule has 1 N–H and O–H groups in total. The van der Waals surface area contributed by atoms with Gasteiger partial charge in [-0.3, -0.25) is 4.79 Å². The maximum Gasteiger partial charge on any atom is 0.225 e. The lowest BCUT2D eigenvalue weighted by molar-refractivity contribution is -0.128. The Morgan fingerprint density at radius 2 is 1.76 bits per heavy atom. The summed E-state index contributed by atoms with van der Waals surface area (Å²) in [6, 6.07) is 0. The molecule has 0 radical (unpaired) electrons. The van der Waals surface area contributed by atoms with E-state index in [1.807, 2.05) is 20.8 Å². The van der Waals surface area contributed by atoms with Crippen LogP contribution < -0.4 is 5.32 Å². The van der Waals surface area contributed by atoms with E-state index >= 15 is 0 Å². The van der Waals surface area contributed by atoms with E-state index in [9.17, 15) is 4.79 Å². The molecule has 1 amide bonds. The minimum absolute atomic E-state index is 0.163. The molecule has 0 aromatic rings. The van der Waals surface area contributed by atoms with Crippen molar-refractivity contribution in [1.82, 2.24) is 5.32 Å². The molecule has 2 nitrogen and oxygen atoms in total.